The Morgan fingerprint density at radius 1 is 1.08 bits per heavy atom. The number of benzene rings is 2. The van der Waals surface area contributed by atoms with Crippen molar-refractivity contribution in [3.05, 3.63) is 59.3 Å². The zero-order valence-corrected chi connectivity index (χ0v) is 22.3. The Balaban J connectivity index is 0.00000361. The van der Waals surface area contributed by atoms with Crippen LogP contribution in [0.2, 0.25) is 0 Å². The van der Waals surface area contributed by atoms with Crippen LogP contribution in [0.15, 0.2) is 42.6 Å². The van der Waals surface area contributed by atoms with Gasteiger partial charge in [0.15, 0.2) is 0 Å². The van der Waals surface area contributed by atoms with Gasteiger partial charge in [-0.2, -0.15) is 5.10 Å². The van der Waals surface area contributed by atoms with E-state index < -0.39 is 0 Å². The zero-order chi connectivity index (χ0) is 24.9. The normalized spacial score (nSPS) is 12.8. The van der Waals surface area contributed by atoms with Crippen molar-refractivity contribution in [3.8, 4) is 0 Å². The molecule has 0 unspecified atom stereocenters. The van der Waals surface area contributed by atoms with Crippen molar-refractivity contribution >= 4 is 40.8 Å². The van der Waals surface area contributed by atoms with Crippen molar-refractivity contribution in [2.45, 2.75) is 26.9 Å². The van der Waals surface area contributed by atoms with E-state index in [-0.39, 0.29) is 37.3 Å². The second-order valence-corrected chi connectivity index (χ2v) is 9.03. The third-order valence-corrected chi connectivity index (χ3v) is 6.55. The molecule has 194 valence electrons. The number of nitrogens with one attached hydrogen (secondary N) is 2. The van der Waals surface area contributed by atoms with Gasteiger partial charge in [-0.15, -0.1) is 12.4 Å². The second kappa shape index (κ2) is 12.2. The number of halogens is 1. The van der Waals surface area contributed by atoms with Gasteiger partial charge in [0, 0.05) is 51.3 Å². The fraction of sp³-hybridized carbons (Fsp3) is 0.423. The van der Waals surface area contributed by atoms with Gasteiger partial charge < -0.3 is 15.5 Å². The quantitative estimate of drug-likeness (QED) is 0.404. The van der Waals surface area contributed by atoms with Crippen LogP contribution < -0.4 is 15.5 Å². The molecule has 10 heteroatoms. The summed E-state index contributed by atoms with van der Waals surface area (Å²) in [5.41, 5.74) is 5.28. The molecule has 0 spiro atoms. The molecule has 1 aromatic heterocycles. The van der Waals surface area contributed by atoms with Crippen LogP contribution in [0.4, 0.5) is 5.69 Å². The van der Waals surface area contributed by atoms with Gasteiger partial charge >= 0.3 is 0 Å². The maximum Gasteiger partial charge on any atom is 0.256 e. The Morgan fingerprint density at radius 3 is 2.44 bits per heavy atom. The number of aromatic nitrogens is 2. The standard InChI is InChI=1S/C26H35N7O2.ClH/c1-5-27-10-11-28-25(34)17-32(23-13-24-22(12-19(23)2)14-29-30(24)3)18-26(35)31(4)33-15-20-8-6-7-9-21(20)16-33;/h6-9,12-14,27H,5,10-11,15-18H2,1-4H3,(H,28,34);1H. The number of carbonyl (C=O) groups is 2. The summed E-state index contributed by atoms with van der Waals surface area (Å²) in [6, 6.07) is 12.3. The molecule has 2 aromatic carbocycles. The second-order valence-electron chi connectivity index (χ2n) is 9.03. The number of likely N-dealkylation sites (N-methyl/N-ethyl adjacent to an activating group) is 2. The van der Waals surface area contributed by atoms with E-state index in [0.717, 1.165) is 28.7 Å². The SMILES string of the molecule is CCNCCNC(=O)CN(CC(=O)N(C)N1Cc2ccccc2C1)c1cc2c(cnn2C)cc1C.Cl. The number of hydrogen-bond donors (Lipinski definition) is 2. The van der Waals surface area contributed by atoms with E-state index in [1.54, 1.807) is 12.1 Å². The highest BCUT2D eigenvalue weighted by Gasteiger charge is 2.27. The lowest BCUT2D eigenvalue weighted by Crippen LogP contribution is -2.48. The first-order chi connectivity index (χ1) is 16.9. The fourth-order valence-electron chi connectivity index (χ4n) is 4.52. The lowest BCUT2D eigenvalue weighted by Gasteiger charge is -2.32. The summed E-state index contributed by atoms with van der Waals surface area (Å²) in [4.78, 5) is 28.1. The van der Waals surface area contributed by atoms with Crippen molar-refractivity contribution in [2.24, 2.45) is 7.05 Å². The monoisotopic (exact) mass is 513 g/mol. The third kappa shape index (κ3) is 6.16. The summed E-state index contributed by atoms with van der Waals surface area (Å²) < 4.78 is 1.81. The van der Waals surface area contributed by atoms with Crippen molar-refractivity contribution < 1.29 is 9.59 Å². The van der Waals surface area contributed by atoms with E-state index in [1.807, 2.05) is 59.9 Å². The molecule has 1 aliphatic rings. The molecule has 0 radical (unpaired) electrons. The van der Waals surface area contributed by atoms with Crippen molar-refractivity contribution in [1.82, 2.24) is 30.4 Å². The van der Waals surface area contributed by atoms with Gasteiger partial charge in [0.05, 0.1) is 24.8 Å². The molecule has 4 rings (SSSR count). The van der Waals surface area contributed by atoms with Gasteiger partial charge in [-0.25, -0.2) is 5.01 Å². The Bertz CT molecular complexity index is 1190. The number of rotatable bonds is 10. The molecule has 2 amide bonds. The Morgan fingerprint density at radius 2 is 1.78 bits per heavy atom. The summed E-state index contributed by atoms with van der Waals surface area (Å²) in [5, 5.41) is 15.3. The third-order valence-electron chi connectivity index (χ3n) is 6.55. The van der Waals surface area contributed by atoms with E-state index in [0.29, 0.717) is 26.2 Å². The minimum Gasteiger partial charge on any atom is -0.353 e. The molecule has 36 heavy (non-hydrogen) atoms. The van der Waals surface area contributed by atoms with Crippen molar-refractivity contribution in [1.29, 1.82) is 0 Å². The summed E-state index contributed by atoms with van der Waals surface area (Å²) in [6.07, 6.45) is 1.83. The number of aryl methyl sites for hydroxylation is 2. The molecule has 0 bridgehead atoms. The number of amides is 2. The molecular weight excluding hydrogens is 478 g/mol. The number of anilines is 1. The number of hydrazine groups is 1. The Hall–Kier alpha value is -3.14. The van der Waals surface area contributed by atoms with E-state index in [1.165, 1.54) is 11.1 Å². The molecule has 0 atom stereocenters. The average molecular weight is 514 g/mol. The molecule has 0 saturated carbocycles. The molecule has 0 saturated heterocycles. The smallest absolute Gasteiger partial charge is 0.256 e. The Labute approximate surface area is 218 Å². The molecule has 1 aliphatic heterocycles. The van der Waals surface area contributed by atoms with E-state index in [2.05, 4.69) is 33.9 Å². The van der Waals surface area contributed by atoms with Crippen LogP contribution in [0.25, 0.3) is 10.9 Å². The summed E-state index contributed by atoms with van der Waals surface area (Å²) in [7, 11) is 3.70. The molecule has 0 aliphatic carbocycles. The summed E-state index contributed by atoms with van der Waals surface area (Å²) in [6.45, 7) is 7.72. The lowest BCUT2D eigenvalue weighted by molar-refractivity contribution is -0.145. The van der Waals surface area contributed by atoms with E-state index in [4.69, 9.17) is 0 Å². The first-order valence-electron chi connectivity index (χ1n) is 12.1. The topological polar surface area (TPSA) is 85.7 Å². The molecule has 3 aromatic rings. The predicted molar refractivity (Wildman–Crippen MR) is 145 cm³/mol. The highest BCUT2D eigenvalue weighted by Crippen LogP contribution is 2.27. The maximum absolute atomic E-state index is 13.4. The van der Waals surface area contributed by atoms with Gasteiger partial charge in [-0.3, -0.25) is 19.3 Å². The van der Waals surface area contributed by atoms with Gasteiger partial charge in [0.1, 0.15) is 0 Å². The van der Waals surface area contributed by atoms with Crippen LogP contribution in [0.3, 0.4) is 0 Å². The van der Waals surface area contributed by atoms with Gasteiger partial charge in [-0.05, 0) is 42.3 Å². The highest BCUT2D eigenvalue weighted by atomic mass is 35.5. The minimum atomic E-state index is -0.114. The predicted octanol–water partition coefficient (Wildman–Crippen LogP) is 2.22. The Kier molecular flexibility index (Phi) is 9.31. The van der Waals surface area contributed by atoms with Gasteiger partial charge in [-0.1, -0.05) is 31.2 Å². The van der Waals surface area contributed by atoms with Gasteiger partial charge in [0.2, 0.25) is 5.91 Å². The first kappa shape index (κ1) is 27.4. The van der Waals surface area contributed by atoms with Gasteiger partial charge in [0.25, 0.3) is 5.91 Å². The van der Waals surface area contributed by atoms with Crippen molar-refractivity contribution in [3.63, 3.8) is 0 Å². The fourth-order valence-corrected chi connectivity index (χ4v) is 4.52. The summed E-state index contributed by atoms with van der Waals surface area (Å²) in [5.74, 6) is -0.181. The maximum atomic E-state index is 13.4. The largest absolute Gasteiger partial charge is 0.353 e. The highest BCUT2D eigenvalue weighted by molar-refractivity contribution is 5.90. The number of carbonyl (C=O) groups excluding carboxylic acids is 2. The number of nitrogens with zero attached hydrogens (tertiary/aromatic N) is 5. The van der Waals surface area contributed by atoms with E-state index in [9.17, 15) is 9.59 Å². The molecular formula is C26H36ClN7O2. The van der Waals surface area contributed by atoms with Crippen LogP contribution in [0.1, 0.15) is 23.6 Å². The minimum absolute atomic E-state index is 0. The van der Waals surface area contributed by atoms with Crippen LogP contribution >= 0.6 is 12.4 Å². The first-order valence-corrected chi connectivity index (χ1v) is 12.1. The number of fused-ring (bicyclic) bond motifs is 2. The van der Waals surface area contributed by atoms with Crippen LogP contribution in [0, 0.1) is 6.92 Å². The average Bonchev–Trinajstić information content (AvgIpc) is 3.43. The zero-order valence-electron chi connectivity index (χ0n) is 21.5. The van der Waals surface area contributed by atoms with E-state index >= 15 is 0 Å². The molecule has 9 nitrogen and oxygen atoms in total. The summed E-state index contributed by atoms with van der Waals surface area (Å²) >= 11 is 0. The molecule has 2 heterocycles. The molecule has 2 N–H and O–H groups in total. The lowest BCUT2D eigenvalue weighted by atomic mass is 10.1. The van der Waals surface area contributed by atoms with Crippen LogP contribution in [-0.4, -0.2) is 71.4 Å². The van der Waals surface area contributed by atoms with Crippen LogP contribution in [0.5, 0.6) is 0 Å². The molecule has 0 fully saturated rings. The van der Waals surface area contributed by atoms with Crippen molar-refractivity contribution in [2.75, 3.05) is 44.7 Å². The number of hydrogen-bond acceptors (Lipinski definition) is 6. The van der Waals surface area contributed by atoms with Crippen LogP contribution in [-0.2, 0) is 29.7 Å².